The van der Waals surface area contributed by atoms with Gasteiger partial charge in [-0.3, -0.25) is 28.9 Å². The molecular formula is C30H40N4O9. The molecule has 2 saturated carbocycles. The van der Waals surface area contributed by atoms with Gasteiger partial charge in [0.15, 0.2) is 34.7 Å². The van der Waals surface area contributed by atoms with E-state index < -0.39 is 76.2 Å². The van der Waals surface area contributed by atoms with Crippen LogP contribution in [-0.2, 0) is 36.9 Å². The number of anilines is 1. The highest BCUT2D eigenvalue weighted by molar-refractivity contribution is 6.32. The second kappa shape index (κ2) is 11.0. The summed E-state index contributed by atoms with van der Waals surface area (Å²) in [6.07, 6.45) is -0.625. The number of nitrogens with zero attached hydrogens (tertiary/aromatic N) is 2. The number of nitrogens with one attached hydrogen (secondary N) is 1. The van der Waals surface area contributed by atoms with E-state index in [0.717, 1.165) is 0 Å². The molecule has 3 aliphatic rings. The van der Waals surface area contributed by atoms with E-state index in [1.54, 1.807) is 25.1 Å². The number of ketones is 4. The van der Waals surface area contributed by atoms with E-state index in [2.05, 4.69) is 5.32 Å². The van der Waals surface area contributed by atoms with Crippen molar-refractivity contribution in [2.45, 2.75) is 51.8 Å². The number of fused-ring (bicyclic) bond motifs is 3. The van der Waals surface area contributed by atoms with E-state index in [-0.39, 0.29) is 42.5 Å². The summed E-state index contributed by atoms with van der Waals surface area (Å²) in [6, 6.07) is 0.468. The van der Waals surface area contributed by atoms with Crippen molar-refractivity contribution in [3.8, 4) is 5.75 Å². The zero-order valence-corrected chi connectivity index (χ0v) is 25.5. The molecule has 1 aromatic rings. The summed E-state index contributed by atoms with van der Waals surface area (Å²) in [7, 11) is 6.55. The Morgan fingerprint density at radius 1 is 1.12 bits per heavy atom. The van der Waals surface area contributed by atoms with Gasteiger partial charge in [-0.15, -0.1) is 0 Å². The van der Waals surface area contributed by atoms with Gasteiger partial charge in [-0.2, -0.15) is 0 Å². The first-order valence-electron chi connectivity index (χ1n) is 14.1. The number of phenols is 1. The average Bonchev–Trinajstić information content (AvgIpc) is 2.88. The molecule has 0 aromatic heterocycles. The number of nitrogens with two attached hydrogens (primary N) is 1. The monoisotopic (exact) mass is 600 g/mol. The predicted molar refractivity (Wildman–Crippen MR) is 153 cm³/mol. The second-order valence-electron chi connectivity index (χ2n) is 13.4. The van der Waals surface area contributed by atoms with Crippen molar-refractivity contribution < 1.29 is 43.7 Å². The molecule has 2 amide bonds. The third-order valence-electron chi connectivity index (χ3n) is 8.66. The zero-order chi connectivity index (χ0) is 32.3. The molecule has 0 bridgehead atoms. The summed E-state index contributed by atoms with van der Waals surface area (Å²) >= 11 is 0. The standard InChI is InChI=1S/C30H40N4O9/c1-29(2,3)12-43-28(41)32-11-14-10-17(33(4)5)15-8-13-9-16-21(34(6)7)24(37)20(27(31)40)26(39)30(16,42)25(38)18(13)23(36)19(15)22(14)35/h10,13,16,18,20-21,35,42H,8-9,11-12H2,1-7H3,(H2,31,40)(H,32,41)/t13-,16-,18?,20?,21?,30-/m0/s1. The van der Waals surface area contributed by atoms with Crippen LogP contribution in [0.5, 0.6) is 5.75 Å². The number of Topliss-reactive ketones (excluding diaryl/α,β-unsaturated/α-hetero) is 4. The van der Waals surface area contributed by atoms with Gasteiger partial charge in [0.1, 0.15) is 5.75 Å². The molecule has 234 valence electrons. The molecule has 5 N–H and O–H groups in total. The summed E-state index contributed by atoms with van der Waals surface area (Å²) in [5.41, 5.74) is 3.40. The molecule has 0 heterocycles. The number of primary amides is 1. The fraction of sp³-hybridized carbons (Fsp3) is 0.600. The van der Waals surface area contributed by atoms with Gasteiger partial charge in [-0.1, -0.05) is 20.8 Å². The van der Waals surface area contributed by atoms with Gasteiger partial charge in [0.25, 0.3) is 0 Å². The largest absolute Gasteiger partial charge is 0.507 e. The minimum Gasteiger partial charge on any atom is -0.507 e. The van der Waals surface area contributed by atoms with E-state index in [1.165, 1.54) is 19.0 Å². The van der Waals surface area contributed by atoms with E-state index in [1.807, 2.05) is 20.8 Å². The molecule has 1 aromatic carbocycles. The van der Waals surface area contributed by atoms with Crippen molar-refractivity contribution in [1.29, 1.82) is 0 Å². The van der Waals surface area contributed by atoms with E-state index in [9.17, 15) is 39.0 Å². The maximum Gasteiger partial charge on any atom is 0.407 e. The molecule has 0 saturated heterocycles. The Morgan fingerprint density at radius 3 is 2.28 bits per heavy atom. The van der Waals surface area contributed by atoms with Crippen LogP contribution in [0.3, 0.4) is 0 Å². The van der Waals surface area contributed by atoms with Gasteiger partial charge < -0.3 is 30.9 Å². The first-order chi connectivity index (χ1) is 19.8. The second-order valence-corrected chi connectivity index (χ2v) is 13.4. The molecule has 0 aliphatic heterocycles. The molecule has 0 radical (unpaired) electrons. The number of phenolic OH excluding ortho intramolecular Hbond substituents is 1. The molecule has 2 fully saturated rings. The van der Waals surface area contributed by atoms with Crippen LogP contribution in [-0.4, -0.2) is 96.7 Å². The number of aromatic hydroxyl groups is 1. The third-order valence-corrected chi connectivity index (χ3v) is 8.66. The lowest BCUT2D eigenvalue weighted by Gasteiger charge is -2.52. The number of carbonyl (C=O) groups excluding carboxylic acids is 6. The molecule has 3 unspecified atom stereocenters. The number of amides is 2. The Balaban J connectivity index is 1.76. The van der Waals surface area contributed by atoms with Gasteiger partial charge in [-0.05, 0) is 49.9 Å². The van der Waals surface area contributed by atoms with Crippen LogP contribution in [0.1, 0.15) is 48.7 Å². The van der Waals surface area contributed by atoms with Crippen molar-refractivity contribution in [1.82, 2.24) is 10.2 Å². The highest BCUT2D eigenvalue weighted by Gasteiger charge is 2.69. The lowest BCUT2D eigenvalue weighted by Crippen LogP contribution is -2.74. The summed E-state index contributed by atoms with van der Waals surface area (Å²) in [6.45, 7) is 5.67. The number of aliphatic hydroxyl groups is 1. The highest BCUT2D eigenvalue weighted by Crippen LogP contribution is 2.52. The smallest absolute Gasteiger partial charge is 0.407 e. The lowest BCUT2D eigenvalue weighted by molar-refractivity contribution is -0.181. The first kappa shape index (κ1) is 32.1. The number of hydrogen-bond donors (Lipinski definition) is 4. The number of ether oxygens (including phenoxy) is 1. The summed E-state index contributed by atoms with van der Waals surface area (Å²) in [4.78, 5) is 82.4. The molecule has 6 atom stereocenters. The minimum absolute atomic E-state index is 0.0412. The fourth-order valence-corrected chi connectivity index (χ4v) is 6.74. The molecule has 13 heteroatoms. The normalized spacial score (nSPS) is 28.6. The lowest BCUT2D eigenvalue weighted by atomic mass is 9.52. The maximum atomic E-state index is 14.1. The Bertz CT molecular complexity index is 1410. The average molecular weight is 601 g/mol. The van der Waals surface area contributed by atoms with E-state index >= 15 is 0 Å². The van der Waals surface area contributed by atoms with Crippen LogP contribution in [0.4, 0.5) is 10.5 Å². The van der Waals surface area contributed by atoms with Crippen LogP contribution in [0.2, 0.25) is 0 Å². The number of rotatable bonds is 6. The van der Waals surface area contributed by atoms with Crippen LogP contribution < -0.4 is 16.0 Å². The van der Waals surface area contributed by atoms with Gasteiger partial charge >= 0.3 is 6.09 Å². The molecule has 0 spiro atoms. The van der Waals surface area contributed by atoms with Crippen molar-refractivity contribution in [2.75, 3.05) is 39.7 Å². The van der Waals surface area contributed by atoms with Gasteiger partial charge in [-0.25, -0.2) is 4.79 Å². The SMILES string of the molecule is CN(C)c1cc(CNC(=O)OCC(C)(C)C)c(O)c2c1C[C@H]1C[C@H]3C(N(C)C)C(=O)C(C(N)=O)C(=O)[C@@]3(O)C(=O)C1C2=O. The fourth-order valence-electron chi connectivity index (χ4n) is 6.74. The van der Waals surface area contributed by atoms with Crippen LogP contribution in [0.15, 0.2) is 6.07 Å². The van der Waals surface area contributed by atoms with Crippen molar-refractivity contribution >= 4 is 40.8 Å². The number of benzene rings is 1. The van der Waals surface area contributed by atoms with E-state index in [0.29, 0.717) is 11.3 Å². The van der Waals surface area contributed by atoms with Crippen LogP contribution in [0, 0.1) is 29.1 Å². The summed E-state index contributed by atoms with van der Waals surface area (Å²) in [5, 5.41) is 25.6. The van der Waals surface area contributed by atoms with Crippen molar-refractivity contribution in [3.05, 3.63) is 22.8 Å². The quantitative estimate of drug-likeness (QED) is 0.326. The first-order valence-corrected chi connectivity index (χ1v) is 14.1. The zero-order valence-electron chi connectivity index (χ0n) is 25.5. The van der Waals surface area contributed by atoms with Crippen LogP contribution in [0.25, 0.3) is 0 Å². The Morgan fingerprint density at radius 2 is 1.74 bits per heavy atom. The molecule has 43 heavy (non-hydrogen) atoms. The minimum atomic E-state index is -2.80. The number of alkyl carbamates (subject to hydrolysis) is 1. The van der Waals surface area contributed by atoms with Crippen LogP contribution >= 0.6 is 0 Å². The molecule has 4 rings (SSSR count). The third kappa shape index (κ3) is 5.29. The topological polar surface area (TPSA) is 197 Å². The number of carbonyl (C=O) groups is 6. The van der Waals surface area contributed by atoms with Gasteiger partial charge in [0, 0.05) is 37.8 Å². The molecule has 13 nitrogen and oxygen atoms in total. The van der Waals surface area contributed by atoms with Crippen molar-refractivity contribution in [3.63, 3.8) is 0 Å². The maximum absolute atomic E-state index is 14.1. The number of likely N-dealkylation sites (N-methyl/N-ethyl adjacent to an activating group) is 1. The van der Waals surface area contributed by atoms with E-state index in [4.69, 9.17) is 10.5 Å². The Labute approximate surface area is 249 Å². The molecular weight excluding hydrogens is 560 g/mol. The van der Waals surface area contributed by atoms with Gasteiger partial charge in [0.2, 0.25) is 5.91 Å². The summed E-state index contributed by atoms with van der Waals surface area (Å²) < 4.78 is 5.22. The predicted octanol–water partition coefficient (Wildman–Crippen LogP) is 0.205. The summed E-state index contributed by atoms with van der Waals surface area (Å²) in [5.74, 6) is -11.2. The Hall–Kier alpha value is -3.84. The Kier molecular flexibility index (Phi) is 8.22. The van der Waals surface area contributed by atoms with Gasteiger partial charge in [0.05, 0.1) is 24.1 Å². The number of hydrogen-bond acceptors (Lipinski definition) is 11. The van der Waals surface area contributed by atoms with Crippen molar-refractivity contribution in [2.24, 2.45) is 34.8 Å². The highest BCUT2D eigenvalue weighted by atomic mass is 16.5. The molecule has 3 aliphatic carbocycles.